The molecule has 1 heterocycles. The standard InChI is InChI=1S/C10H19NO6S/c1-2-3-11-10(15)17-9-8(14)7(13)6(12)5(4-18)16-9/h5-9,12-14,18H,2-4H2,1H3,(H,11,15)/t5-,6+,7+,8-,9+/m1/s1. The molecule has 0 radical (unpaired) electrons. The molecule has 0 spiro atoms. The maximum absolute atomic E-state index is 11.3. The molecule has 0 aromatic rings. The lowest BCUT2D eigenvalue weighted by molar-refractivity contribution is -0.274. The zero-order valence-corrected chi connectivity index (χ0v) is 10.9. The molecule has 0 saturated carbocycles. The van der Waals surface area contributed by atoms with Crippen molar-refractivity contribution in [2.75, 3.05) is 12.3 Å². The van der Waals surface area contributed by atoms with Crippen LogP contribution >= 0.6 is 12.6 Å². The minimum Gasteiger partial charge on any atom is -0.417 e. The van der Waals surface area contributed by atoms with Crippen LogP contribution in [-0.2, 0) is 9.47 Å². The Morgan fingerprint density at radius 2 is 2.00 bits per heavy atom. The SMILES string of the molecule is CCCNC(=O)O[C@@H]1O[C@H](CS)[C@H](O)[C@H](O)[C@H]1O. The predicted molar refractivity (Wildman–Crippen MR) is 65.3 cm³/mol. The van der Waals surface area contributed by atoms with E-state index >= 15 is 0 Å². The molecular weight excluding hydrogens is 262 g/mol. The quantitative estimate of drug-likeness (QED) is 0.417. The van der Waals surface area contributed by atoms with Crippen molar-refractivity contribution in [3.8, 4) is 0 Å². The highest BCUT2D eigenvalue weighted by atomic mass is 32.1. The average Bonchev–Trinajstić information content (AvgIpc) is 2.37. The molecule has 1 amide bonds. The van der Waals surface area contributed by atoms with Gasteiger partial charge in [0.2, 0.25) is 6.29 Å². The first-order chi connectivity index (χ1) is 8.51. The Labute approximate surface area is 110 Å². The fraction of sp³-hybridized carbons (Fsp3) is 0.900. The second-order valence-electron chi connectivity index (χ2n) is 4.03. The number of hydrogen-bond donors (Lipinski definition) is 5. The Kier molecular flexibility index (Phi) is 6.16. The number of aliphatic hydroxyl groups excluding tert-OH is 3. The van der Waals surface area contributed by atoms with Crippen LogP contribution in [-0.4, -0.2) is 64.4 Å². The molecule has 0 aromatic carbocycles. The van der Waals surface area contributed by atoms with Gasteiger partial charge in [-0.25, -0.2) is 4.79 Å². The van der Waals surface area contributed by atoms with Gasteiger partial charge in [-0.1, -0.05) is 6.92 Å². The minimum atomic E-state index is -1.50. The van der Waals surface area contributed by atoms with Crippen LogP contribution in [0, 0.1) is 0 Å². The number of amides is 1. The topological polar surface area (TPSA) is 108 Å². The van der Waals surface area contributed by atoms with Gasteiger partial charge in [0.15, 0.2) is 0 Å². The summed E-state index contributed by atoms with van der Waals surface area (Å²) < 4.78 is 9.99. The molecule has 8 heteroatoms. The lowest BCUT2D eigenvalue weighted by Crippen LogP contribution is -2.59. The van der Waals surface area contributed by atoms with Gasteiger partial charge in [0, 0.05) is 12.3 Å². The fourth-order valence-corrected chi connectivity index (χ4v) is 1.84. The summed E-state index contributed by atoms with van der Waals surface area (Å²) in [5, 5.41) is 31.2. The fourth-order valence-electron chi connectivity index (χ4n) is 1.54. The van der Waals surface area contributed by atoms with E-state index in [-0.39, 0.29) is 5.75 Å². The van der Waals surface area contributed by atoms with Gasteiger partial charge >= 0.3 is 6.09 Å². The summed E-state index contributed by atoms with van der Waals surface area (Å²) in [7, 11) is 0. The monoisotopic (exact) mass is 281 g/mol. The average molecular weight is 281 g/mol. The van der Waals surface area contributed by atoms with Crippen molar-refractivity contribution in [2.45, 2.75) is 44.1 Å². The third-order valence-corrected chi connectivity index (χ3v) is 2.95. The predicted octanol–water partition coefficient (Wildman–Crippen LogP) is -1.14. The normalized spacial score (nSPS) is 36.2. The Bertz CT molecular complexity index is 277. The molecule has 18 heavy (non-hydrogen) atoms. The van der Waals surface area contributed by atoms with Crippen LogP contribution in [0.25, 0.3) is 0 Å². The number of carbonyl (C=O) groups is 1. The van der Waals surface area contributed by atoms with Crippen molar-refractivity contribution < 1.29 is 29.6 Å². The summed E-state index contributed by atoms with van der Waals surface area (Å²) in [4.78, 5) is 11.3. The lowest BCUT2D eigenvalue weighted by Gasteiger charge is -2.39. The largest absolute Gasteiger partial charge is 0.417 e. The zero-order valence-electron chi connectivity index (χ0n) is 10.0. The van der Waals surface area contributed by atoms with Crippen LogP contribution in [0.5, 0.6) is 0 Å². The van der Waals surface area contributed by atoms with E-state index in [4.69, 9.17) is 9.47 Å². The second kappa shape index (κ2) is 7.15. The summed E-state index contributed by atoms with van der Waals surface area (Å²) >= 11 is 3.95. The van der Waals surface area contributed by atoms with Gasteiger partial charge < -0.3 is 30.1 Å². The maximum atomic E-state index is 11.3. The second-order valence-corrected chi connectivity index (χ2v) is 4.39. The van der Waals surface area contributed by atoms with Gasteiger partial charge in [0.1, 0.15) is 18.3 Å². The van der Waals surface area contributed by atoms with E-state index in [0.29, 0.717) is 6.54 Å². The molecule has 0 aromatic heterocycles. The van der Waals surface area contributed by atoms with E-state index in [1.807, 2.05) is 6.92 Å². The Morgan fingerprint density at radius 1 is 1.33 bits per heavy atom. The number of nitrogens with one attached hydrogen (secondary N) is 1. The molecule has 0 unspecified atom stereocenters. The number of ether oxygens (including phenoxy) is 2. The molecule has 1 aliphatic heterocycles. The molecule has 0 aliphatic carbocycles. The summed E-state index contributed by atoms with van der Waals surface area (Å²) in [6.07, 6.45) is -6.35. The van der Waals surface area contributed by atoms with Crippen molar-refractivity contribution in [2.24, 2.45) is 0 Å². The molecule has 1 fully saturated rings. The van der Waals surface area contributed by atoms with Gasteiger partial charge in [-0.2, -0.15) is 12.6 Å². The minimum absolute atomic E-state index is 0.126. The molecule has 7 nitrogen and oxygen atoms in total. The Morgan fingerprint density at radius 3 is 2.56 bits per heavy atom. The molecule has 106 valence electrons. The van der Waals surface area contributed by atoms with E-state index < -0.39 is 36.8 Å². The zero-order chi connectivity index (χ0) is 13.7. The number of aliphatic hydroxyl groups is 3. The van der Waals surface area contributed by atoms with Crippen LogP contribution in [0.2, 0.25) is 0 Å². The maximum Gasteiger partial charge on any atom is 0.409 e. The van der Waals surface area contributed by atoms with Crippen LogP contribution < -0.4 is 5.32 Å². The van der Waals surface area contributed by atoms with E-state index in [1.54, 1.807) is 0 Å². The molecular formula is C10H19NO6S. The van der Waals surface area contributed by atoms with Crippen molar-refractivity contribution >= 4 is 18.7 Å². The van der Waals surface area contributed by atoms with Gasteiger partial charge in [-0.05, 0) is 6.42 Å². The summed E-state index contributed by atoms with van der Waals surface area (Å²) in [6, 6.07) is 0. The van der Waals surface area contributed by atoms with Crippen molar-refractivity contribution in [1.29, 1.82) is 0 Å². The highest BCUT2D eigenvalue weighted by Gasteiger charge is 2.44. The Hall–Kier alpha value is -0.540. The molecule has 1 aliphatic rings. The first-order valence-corrected chi connectivity index (χ1v) is 6.39. The van der Waals surface area contributed by atoms with Gasteiger partial charge in [-0.15, -0.1) is 0 Å². The van der Waals surface area contributed by atoms with E-state index in [1.165, 1.54) is 0 Å². The highest BCUT2D eigenvalue weighted by Crippen LogP contribution is 2.22. The summed E-state index contributed by atoms with van der Waals surface area (Å²) in [6.45, 7) is 2.31. The van der Waals surface area contributed by atoms with Crippen LogP contribution in [0.3, 0.4) is 0 Å². The van der Waals surface area contributed by atoms with Crippen molar-refractivity contribution in [1.82, 2.24) is 5.32 Å². The van der Waals surface area contributed by atoms with Crippen LogP contribution in [0.15, 0.2) is 0 Å². The summed E-state index contributed by atoms with van der Waals surface area (Å²) in [5.41, 5.74) is 0. The number of carbonyl (C=O) groups excluding carboxylic acids is 1. The van der Waals surface area contributed by atoms with E-state index in [0.717, 1.165) is 6.42 Å². The molecule has 1 saturated heterocycles. The van der Waals surface area contributed by atoms with E-state index in [2.05, 4.69) is 17.9 Å². The van der Waals surface area contributed by atoms with Crippen LogP contribution in [0.1, 0.15) is 13.3 Å². The molecule has 4 N–H and O–H groups in total. The number of rotatable bonds is 4. The molecule has 1 rings (SSSR count). The first kappa shape index (κ1) is 15.5. The third-order valence-electron chi connectivity index (χ3n) is 2.59. The Balaban J connectivity index is 2.56. The van der Waals surface area contributed by atoms with Crippen LogP contribution in [0.4, 0.5) is 4.79 Å². The van der Waals surface area contributed by atoms with Gasteiger partial charge in [-0.3, -0.25) is 0 Å². The number of alkyl carbamates (subject to hydrolysis) is 1. The first-order valence-electron chi connectivity index (χ1n) is 5.76. The highest BCUT2D eigenvalue weighted by molar-refractivity contribution is 7.80. The lowest BCUT2D eigenvalue weighted by atomic mass is 10.00. The van der Waals surface area contributed by atoms with E-state index in [9.17, 15) is 20.1 Å². The smallest absolute Gasteiger partial charge is 0.409 e. The van der Waals surface area contributed by atoms with Crippen molar-refractivity contribution in [3.63, 3.8) is 0 Å². The van der Waals surface area contributed by atoms with Crippen molar-refractivity contribution in [3.05, 3.63) is 0 Å². The molecule has 0 bridgehead atoms. The van der Waals surface area contributed by atoms with Gasteiger partial charge in [0.05, 0.1) is 6.10 Å². The van der Waals surface area contributed by atoms with Gasteiger partial charge in [0.25, 0.3) is 0 Å². The number of thiol groups is 1. The summed E-state index contributed by atoms with van der Waals surface area (Å²) in [5.74, 6) is 0.126. The molecule has 5 atom stereocenters. The third kappa shape index (κ3) is 3.72. The number of hydrogen-bond acceptors (Lipinski definition) is 7.